The van der Waals surface area contributed by atoms with Gasteiger partial charge >= 0.3 is 5.97 Å². The number of carboxylic acid groups (broad SMARTS) is 1. The van der Waals surface area contributed by atoms with Gasteiger partial charge in [-0.15, -0.1) is 0 Å². The molecule has 0 amide bonds. The number of carboxylic acids is 1. The van der Waals surface area contributed by atoms with Gasteiger partial charge < -0.3 is 10.0 Å². The third kappa shape index (κ3) is 4.49. The van der Waals surface area contributed by atoms with E-state index >= 15 is 0 Å². The smallest absolute Gasteiger partial charge is 0.317 e. The Morgan fingerprint density at radius 3 is 2.38 bits per heavy atom. The Labute approximate surface area is 98.2 Å². The lowest BCUT2D eigenvalue weighted by Crippen LogP contribution is -2.43. The van der Waals surface area contributed by atoms with Crippen molar-refractivity contribution in [2.75, 3.05) is 33.7 Å². The van der Waals surface area contributed by atoms with Crippen LogP contribution in [0.1, 0.15) is 26.2 Å². The summed E-state index contributed by atoms with van der Waals surface area (Å²) in [6.45, 7) is 4.13. The van der Waals surface area contributed by atoms with Gasteiger partial charge in [-0.2, -0.15) is 0 Å². The van der Waals surface area contributed by atoms with Gasteiger partial charge in [-0.3, -0.25) is 9.69 Å². The molecule has 0 bridgehead atoms. The molecule has 16 heavy (non-hydrogen) atoms. The number of hydrogen-bond donors (Lipinski definition) is 1. The van der Waals surface area contributed by atoms with Crippen molar-refractivity contribution in [2.24, 2.45) is 5.92 Å². The van der Waals surface area contributed by atoms with Crippen LogP contribution >= 0.6 is 0 Å². The summed E-state index contributed by atoms with van der Waals surface area (Å²) in [4.78, 5) is 15.1. The maximum Gasteiger partial charge on any atom is 0.317 e. The van der Waals surface area contributed by atoms with Gasteiger partial charge in [0.15, 0.2) is 0 Å². The number of hydrogen-bond acceptors (Lipinski definition) is 3. The van der Waals surface area contributed by atoms with Crippen molar-refractivity contribution in [3.05, 3.63) is 0 Å². The molecule has 0 aromatic heterocycles. The summed E-state index contributed by atoms with van der Waals surface area (Å²) in [5.74, 6) is 0.0318. The number of aliphatic carboxylic acids is 1. The molecule has 94 valence electrons. The summed E-state index contributed by atoms with van der Waals surface area (Å²) in [6, 6.07) is 0.469. The zero-order valence-electron chi connectivity index (χ0n) is 10.6. The van der Waals surface area contributed by atoms with E-state index in [1.807, 2.05) is 14.1 Å². The standard InChI is InChI=1S/C12H24N2O2/c1-4-11(10-5-6-10)14(9-12(15)16)8-7-13(2)3/h10-11H,4-9H2,1-3H3,(H,15,16). The second kappa shape index (κ2) is 6.21. The van der Waals surface area contributed by atoms with E-state index < -0.39 is 5.97 Å². The Hall–Kier alpha value is -0.610. The highest BCUT2D eigenvalue weighted by Gasteiger charge is 2.34. The molecule has 1 atom stereocenters. The van der Waals surface area contributed by atoms with E-state index in [1.165, 1.54) is 12.8 Å². The summed E-state index contributed by atoms with van der Waals surface area (Å²) in [6.07, 6.45) is 3.61. The number of likely N-dealkylation sites (N-methyl/N-ethyl adjacent to an activating group) is 1. The van der Waals surface area contributed by atoms with Gasteiger partial charge in [-0.1, -0.05) is 6.92 Å². The third-order valence-electron chi connectivity index (χ3n) is 3.23. The summed E-state index contributed by atoms with van der Waals surface area (Å²) >= 11 is 0. The van der Waals surface area contributed by atoms with Crippen molar-refractivity contribution in [2.45, 2.75) is 32.2 Å². The number of rotatable bonds is 8. The van der Waals surface area contributed by atoms with Crippen molar-refractivity contribution >= 4 is 5.97 Å². The quantitative estimate of drug-likeness (QED) is 0.676. The Morgan fingerprint density at radius 2 is 2.00 bits per heavy atom. The van der Waals surface area contributed by atoms with E-state index in [0.29, 0.717) is 6.04 Å². The molecule has 1 aliphatic rings. The monoisotopic (exact) mass is 228 g/mol. The van der Waals surface area contributed by atoms with Crippen molar-refractivity contribution in [1.29, 1.82) is 0 Å². The SMILES string of the molecule is CCC(C1CC1)N(CCN(C)C)CC(=O)O. The van der Waals surface area contributed by atoms with Gasteiger partial charge in [0, 0.05) is 19.1 Å². The van der Waals surface area contributed by atoms with E-state index in [2.05, 4.69) is 16.7 Å². The van der Waals surface area contributed by atoms with Gasteiger partial charge in [-0.05, 0) is 39.3 Å². The maximum absolute atomic E-state index is 10.9. The van der Waals surface area contributed by atoms with E-state index in [-0.39, 0.29) is 6.54 Å². The van der Waals surface area contributed by atoms with Crippen molar-refractivity contribution in [3.8, 4) is 0 Å². The van der Waals surface area contributed by atoms with Crippen molar-refractivity contribution < 1.29 is 9.90 Å². The summed E-state index contributed by atoms with van der Waals surface area (Å²) in [5.41, 5.74) is 0. The molecule has 4 heteroatoms. The van der Waals surface area contributed by atoms with Gasteiger partial charge in [0.1, 0.15) is 0 Å². The largest absolute Gasteiger partial charge is 0.480 e. The molecule has 1 aliphatic carbocycles. The van der Waals surface area contributed by atoms with Crippen molar-refractivity contribution in [3.63, 3.8) is 0 Å². The van der Waals surface area contributed by atoms with Gasteiger partial charge in [-0.25, -0.2) is 0 Å². The van der Waals surface area contributed by atoms with Gasteiger partial charge in [0.2, 0.25) is 0 Å². The highest BCUT2D eigenvalue weighted by atomic mass is 16.4. The predicted molar refractivity (Wildman–Crippen MR) is 64.6 cm³/mol. The molecule has 1 rings (SSSR count). The number of carbonyl (C=O) groups is 1. The van der Waals surface area contributed by atoms with Gasteiger partial charge in [0.25, 0.3) is 0 Å². The van der Waals surface area contributed by atoms with Crippen LogP contribution in [0.3, 0.4) is 0 Å². The summed E-state index contributed by atoms with van der Waals surface area (Å²) in [7, 11) is 4.05. The molecular weight excluding hydrogens is 204 g/mol. The zero-order valence-corrected chi connectivity index (χ0v) is 10.6. The molecule has 1 N–H and O–H groups in total. The number of nitrogens with zero attached hydrogens (tertiary/aromatic N) is 2. The minimum atomic E-state index is -0.710. The molecule has 1 fully saturated rings. The topological polar surface area (TPSA) is 43.8 Å². The fourth-order valence-electron chi connectivity index (χ4n) is 2.23. The lowest BCUT2D eigenvalue weighted by molar-refractivity contribution is -0.139. The first-order valence-corrected chi connectivity index (χ1v) is 6.15. The van der Waals surface area contributed by atoms with E-state index in [0.717, 1.165) is 25.4 Å². The van der Waals surface area contributed by atoms with E-state index in [9.17, 15) is 4.79 Å². The van der Waals surface area contributed by atoms with Crippen LogP contribution in [0.4, 0.5) is 0 Å². The normalized spacial score (nSPS) is 18.1. The molecule has 0 saturated heterocycles. The Kier molecular flexibility index (Phi) is 5.22. The van der Waals surface area contributed by atoms with Crippen LogP contribution in [0.5, 0.6) is 0 Å². The Morgan fingerprint density at radius 1 is 1.38 bits per heavy atom. The van der Waals surface area contributed by atoms with Crippen LogP contribution in [0, 0.1) is 5.92 Å². The van der Waals surface area contributed by atoms with E-state index in [1.54, 1.807) is 0 Å². The highest BCUT2D eigenvalue weighted by Crippen LogP contribution is 2.36. The molecule has 4 nitrogen and oxygen atoms in total. The first-order valence-electron chi connectivity index (χ1n) is 6.15. The molecule has 0 aromatic carbocycles. The average Bonchev–Trinajstić information content (AvgIpc) is 2.98. The fraction of sp³-hybridized carbons (Fsp3) is 0.917. The molecule has 1 saturated carbocycles. The minimum Gasteiger partial charge on any atom is -0.480 e. The molecule has 0 aliphatic heterocycles. The average molecular weight is 228 g/mol. The molecular formula is C12H24N2O2. The first-order chi connectivity index (χ1) is 7.54. The van der Waals surface area contributed by atoms with Crippen LogP contribution in [0.25, 0.3) is 0 Å². The second-order valence-corrected chi connectivity index (χ2v) is 4.98. The summed E-state index contributed by atoms with van der Waals surface area (Å²) in [5, 5.41) is 8.94. The zero-order chi connectivity index (χ0) is 12.1. The van der Waals surface area contributed by atoms with Crippen LogP contribution in [-0.2, 0) is 4.79 Å². The molecule has 0 aromatic rings. The molecule has 0 heterocycles. The Balaban J connectivity index is 2.49. The lowest BCUT2D eigenvalue weighted by atomic mass is 10.1. The van der Waals surface area contributed by atoms with Crippen LogP contribution in [0.2, 0.25) is 0 Å². The summed E-state index contributed by atoms with van der Waals surface area (Å²) < 4.78 is 0. The van der Waals surface area contributed by atoms with Crippen LogP contribution in [-0.4, -0.2) is 60.6 Å². The predicted octanol–water partition coefficient (Wildman–Crippen LogP) is 1.12. The minimum absolute atomic E-state index is 0.183. The highest BCUT2D eigenvalue weighted by molar-refractivity contribution is 5.69. The van der Waals surface area contributed by atoms with E-state index in [4.69, 9.17) is 5.11 Å². The maximum atomic E-state index is 10.9. The fourth-order valence-corrected chi connectivity index (χ4v) is 2.23. The van der Waals surface area contributed by atoms with Crippen LogP contribution < -0.4 is 0 Å². The second-order valence-electron chi connectivity index (χ2n) is 4.98. The van der Waals surface area contributed by atoms with Crippen molar-refractivity contribution in [1.82, 2.24) is 9.80 Å². The lowest BCUT2D eigenvalue weighted by Gasteiger charge is -2.30. The van der Waals surface area contributed by atoms with Gasteiger partial charge in [0.05, 0.1) is 6.54 Å². The molecule has 0 spiro atoms. The van der Waals surface area contributed by atoms with Crippen LogP contribution in [0.15, 0.2) is 0 Å². The third-order valence-corrected chi connectivity index (χ3v) is 3.23. The molecule has 1 unspecified atom stereocenters. The first kappa shape index (κ1) is 13.5. The Bertz CT molecular complexity index is 227. The molecule has 0 radical (unpaired) electrons.